The molecule has 0 bridgehead atoms. The lowest BCUT2D eigenvalue weighted by Crippen LogP contribution is -2.37. The van der Waals surface area contributed by atoms with E-state index in [0.717, 1.165) is 18.9 Å². The molecule has 0 amide bonds. The Balaban J connectivity index is 2.24. The van der Waals surface area contributed by atoms with Crippen molar-refractivity contribution in [2.45, 2.75) is 43.9 Å². The standard InChI is InChI=1S/C12H23NOS/c1-4-5-6-12(11-7-8-11)13-9-10(2)15(3)14/h4,10-13H,1,5-9H2,2-3H3. The third-order valence-corrected chi connectivity index (χ3v) is 4.41. The highest BCUT2D eigenvalue weighted by Gasteiger charge is 2.30. The van der Waals surface area contributed by atoms with Gasteiger partial charge in [0.25, 0.3) is 0 Å². The van der Waals surface area contributed by atoms with Crippen LogP contribution in [0.5, 0.6) is 0 Å². The van der Waals surface area contributed by atoms with Gasteiger partial charge < -0.3 is 5.32 Å². The van der Waals surface area contributed by atoms with E-state index in [9.17, 15) is 4.21 Å². The summed E-state index contributed by atoms with van der Waals surface area (Å²) in [4.78, 5) is 0. The maximum Gasteiger partial charge on any atom is 0.0441 e. The van der Waals surface area contributed by atoms with Crippen LogP contribution in [0, 0.1) is 5.92 Å². The summed E-state index contributed by atoms with van der Waals surface area (Å²) in [6.45, 7) is 6.68. The highest BCUT2D eigenvalue weighted by Crippen LogP contribution is 2.34. The molecule has 0 aromatic rings. The van der Waals surface area contributed by atoms with Crippen LogP contribution in [-0.4, -0.2) is 28.3 Å². The summed E-state index contributed by atoms with van der Waals surface area (Å²) in [5, 5.41) is 3.82. The largest absolute Gasteiger partial charge is 0.313 e. The van der Waals surface area contributed by atoms with E-state index in [2.05, 4.69) is 11.9 Å². The molecule has 15 heavy (non-hydrogen) atoms. The van der Waals surface area contributed by atoms with Crippen molar-refractivity contribution in [3.8, 4) is 0 Å². The highest BCUT2D eigenvalue weighted by atomic mass is 32.2. The number of hydrogen-bond donors (Lipinski definition) is 1. The molecule has 3 atom stereocenters. The lowest BCUT2D eigenvalue weighted by atomic mass is 10.1. The van der Waals surface area contributed by atoms with Gasteiger partial charge in [0.1, 0.15) is 0 Å². The Morgan fingerprint density at radius 3 is 2.73 bits per heavy atom. The van der Waals surface area contributed by atoms with Crippen molar-refractivity contribution in [3.63, 3.8) is 0 Å². The van der Waals surface area contributed by atoms with E-state index < -0.39 is 10.8 Å². The Kier molecular flexibility index (Phi) is 5.54. The maximum absolute atomic E-state index is 11.2. The zero-order valence-corrected chi connectivity index (χ0v) is 10.7. The average molecular weight is 229 g/mol. The molecule has 0 heterocycles. The minimum Gasteiger partial charge on any atom is -0.313 e. The van der Waals surface area contributed by atoms with Crippen LogP contribution in [0.3, 0.4) is 0 Å². The fraction of sp³-hybridized carbons (Fsp3) is 0.833. The Labute approximate surface area is 96.0 Å². The first-order valence-corrected chi connectivity index (χ1v) is 7.43. The SMILES string of the molecule is C=CCCC(NCC(C)S(C)=O)C1CC1. The van der Waals surface area contributed by atoms with Gasteiger partial charge in [-0.2, -0.15) is 0 Å². The lowest BCUT2D eigenvalue weighted by Gasteiger charge is -2.19. The second-order valence-electron chi connectivity index (χ2n) is 4.53. The molecule has 3 heteroatoms. The molecule has 88 valence electrons. The van der Waals surface area contributed by atoms with Crippen molar-refractivity contribution in [1.29, 1.82) is 0 Å². The first kappa shape index (κ1) is 12.9. The van der Waals surface area contributed by atoms with Crippen molar-refractivity contribution in [3.05, 3.63) is 12.7 Å². The molecule has 0 saturated heterocycles. The fourth-order valence-corrected chi connectivity index (χ4v) is 2.07. The molecule has 0 aliphatic heterocycles. The normalized spacial score (nSPS) is 22.0. The molecule has 0 aromatic carbocycles. The number of allylic oxidation sites excluding steroid dienone is 1. The fourth-order valence-electron chi connectivity index (χ4n) is 1.74. The number of rotatable bonds is 8. The Bertz CT molecular complexity index is 226. The van der Waals surface area contributed by atoms with Crippen LogP contribution in [0.4, 0.5) is 0 Å². The molecule has 1 fully saturated rings. The minimum atomic E-state index is -0.708. The van der Waals surface area contributed by atoms with Crippen LogP contribution in [0.25, 0.3) is 0 Å². The van der Waals surface area contributed by atoms with E-state index in [1.54, 1.807) is 6.26 Å². The van der Waals surface area contributed by atoms with Gasteiger partial charge in [0.05, 0.1) is 0 Å². The van der Waals surface area contributed by atoms with Crippen LogP contribution >= 0.6 is 0 Å². The zero-order chi connectivity index (χ0) is 11.3. The van der Waals surface area contributed by atoms with Crippen molar-refractivity contribution in [2.24, 2.45) is 5.92 Å². The van der Waals surface area contributed by atoms with Crippen molar-refractivity contribution in [2.75, 3.05) is 12.8 Å². The Morgan fingerprint density at radius 2 is 2.27 bits per heavy atom. The van der Waals surface area contributed by atoms with E-state index in [-0.39, 0.29) is 5.25 Å². The smallest absolute Gasteiger partial charge is 0.0441 e. The van der Waals surface area contributed by atoms with Crippen LogP contribution < -0.4 is 5.32 Å². The molecular weight excluding hydrogens is 206 g/mol. The highest BCUT2D eigenvalue weighted by molar-refractivity contribution is 7.84. The predicted octanol–water partition coefficient (Wildman–Crippen LogP) is 2.09. The summed E-state index contributed by atoms with van der Waals surface area (Å²) in [6, 6.07) is 0.619. The summed E-state index contributed by atoms with van der Waals surface area (Å²) in [7, 11) is -0.708. The summed E-state index contributed by atoms with van der Waals surface area (Å²) >= 11 is 0. The summed E-state index contributed by atoms with van der Waals surface area (Å²) < 4.78 is 11.2. The maximum atomic E-state index is 11.2. The first-order chi connectivity index (χ1) is 7.15. The average Bonchev–Trinajstić information content (AvgIpc) is 3.01. The second kappa shape index (κ2) is 6.44. The van der Waals surface area contributed by atoms with Gasteiger partial charge in [-0.15, -0.1) is 6.58 Å². The quantitative estimate of drug-likeness (QED) is 0.646. The first-order valence-electron chi connectivity index (χ1n) is 5.81. The molecule has 1 saturated carbocycles. The van der Waals surface area contributed by atoms with Gasteiger partial charge in [0, 0.05) is 34.9 Å². The summed E-state index contributed by atoms with van der Waals surface area (Å²) in [5.41, 5.74) is 0. The molecule has 1 N–H and O–H groups in total. The van der Waals surface area contributed by atoms with E-state index >= 15 is 0 Å². The van der Waals surface area contributed by atoms with Crippen LogP contribution in [-0.2, 0) is 10.8 Å². The molecule has 1 aliphatic carbocycles. The predicted molar refractivity (Wildman–Crippen MR) is 67.5 cm³/mol. The molecule has 2 nitrogen and oxygen atoms in total. The van der Waals surface area contributed by atoms with Crippen molar-refractivity contribution in [1.82, 2.24) is 5.32 Å². The molecule has 1 rings (SSSR count). The van der Waals surface area contributed by atoms with Crippen LogP contribution in [0.15, 0.2) is 12.7 Å². The van der Waals surface area contributed by atoms with Gasteiger partial charge in [0.2, 0.25) is 0 Å². The topological polar surface area (TPSA) is 29.1 Å². The molecule has 3 unspecified atom stereocenters. The number of nitrogens with one attached hydrogen (secondary N) is 1. The van der Waals surface area contributed by atoms with E-state index in [0.29, 0.717) is 6.04 Å². The van der Waals surface area contributed by atoms with Gasteiger partial charge in [-0.1, -0.05) is 6.08 Å². The molecule has 1 aliphatic rings. The van der Waals surface area contributed by atoms with Gasteiger partial charge in [-0.3, -0.25) is 4.21 Å². The van der Waals surface area contributed by atoms with E-state index in [4.69, 9.17) is 0 Å². The van der Waals surface area contributed by atoms with Crippen LogP contribution in [0.2, 0.25) is 0 Å². The van der Waals surface area contributed by atoms with Gasteiger partial charge in [-0.25, -0.2) is 0 Å². The molecular formula is C12H23NOS. The molecule has 0 radical (unpaired) electrons. The van der Waals surface area contributed by atoms with Crippen molar-refractivity contribution < 1.29 is 4.21 Å². The summed E-state index contributed by atoms with van der Waals surface area (Å²) in [5.74, 6) is 0.863. The third kappa shape index (κ3) is 4.94. The minimum absolute atomic E-state index is 0.259. The molecule has 0 aromatic heterocycles. The van der Waals surface area contributed by atoms with Crippen LogP contribution in [0.1, 0.15) is 32.6 Å². The van der Waals surface area contributed by atoms with Gasteiger partial charge in [-0.05, 0) is 38.5 Å². The van der Waals surface area contributed by atoms with E-state index in [1.165, 1.54) is 19.3 Å². The number of hydrogen-bond acceptors (Lipinski definition) is 2. The summed E-state index contributed by atoms with van der Waals surface area (Å²) in [6.07, 6.45) is 8.74. The monoisotopic (exact) mass is 229 g/mol. The lowest BCUT2D eigenvalue weighted by molar-refractivity contribution is 0.439. The Hall–Kier alpha value is -0.150. The molecule has 0 spiro atoms. The third-order valence-electron chi connectivity index (χ3n) is 3.11. The van der Waals surface area contributed by atoms with Gasteiger partial charge >= 0.3 is 0 Å². The van der Waals surface area contributed by atoms with Gasteiger partial charge in [0.15, 0.2) is 0 Å². The second-order valence-corrected chi connectivity index (χ2v) is 6.33. The van der Waals surface area contributed by atoms with Crippen molar-refractivity contribution >= 4 is 10.8 Å². The Morgan fingerprint density at radius 1 is 1.60 bits per heavy atom. The van der Waals surface area contributed by atoms with E-state index in [1.807, 2.05) is 13.0 Å². The zero-order valence-electron chi connectivity index (χ0n) is 9.87.